The van der Waals surface area contributed by atoms with E-state index in [9.17, 15) is 10.2 Å². The number of nitrogens with zero attached hydrogens (tertiary/aromatic N) is 4. The number of aromatic nitrogens is 4. The number of fused-ring (bicyclic) bond motifs is 2. The van der Waals surface area contributed by atoms with Gasteiger partial charge in [-0.2, -0.15) is 0 Å². The van der Waals surface area contributed by atoms with Crippen molar-refractivity contribution < 1.29 is 19.7 Å². The summed E-state index contributed by atoms with van der Waals surface area (Å²) in [7, 11) is 1.65. The molecule has 1 unspecified atom stereocenters. The first-order valence-corrected chi connectivity index (χ1v) is 9.63. The van der Waals surface area contributed by atoms with Crippen molar-refractivity contribution in [1.29, 1.82) is 0 Å². The van der Waals surface area contributed by atoms with E-state index in [0.29, 0.717) is 23.4 Å². The van der Waals surface area contributed by atoms with E-state index in [2.05, 4.69) is 20.3 Å². The highest BCUT2D eigenvalue weighted by molar-refractivity contribution is 5.90. The van der Waals surface area contributed by atoms with Gasteiger partial charge in [-0.3, -0.25) is 4.57 Å². The van der Waals surface area contributed by atoms with Crippen molar-refractivity contribution in [2.45, 2.75) is 24.9 Å². The fraction of sp³-hybridized carbons (Fsp3) is 0.286. The van der Waals surface area contributed by atoms with E-state index in [1.54, 1.807) is 18.0 Å². The van der Waals surface area contributed by atoms with Crippen molar-refractivity contribution in [2.24, 2.45) is 0 Å². The molecule has 1 aliphatic heterocycles. The smallest absolute Gasteiger partial charge is 0.167 e. The SMILES string of the molecule is COc1ccc2cc(Nc3ncnc4c3ncn4C3C[C@H](O)[C@@H](CO)O3)ccc2c1. The van der Waals surface area contributed by atoms with Crippen molar-refractivity contribution in [3.8, 4) is 5.75 Å². The van der Waals surface area contributed by atoms with Gasteiger partial charge in [0.05, 0.1) is 26.1 Å². The minimum Gasteiger partial charge on any atom is -0.497 e. The van der Waals surface area contributed by atoms with Gasteiger partial charge in [-0.15, -0.1) is 0 Å². The second kappa shape index (κ2) is 7.52. The minimum absolute atomic E-state index is 0.236. The quantitative estimate of drug-likeness (QED) is 0.462. The van der Waals surface area contributed by atoms with Gasteiger partial charge in [-0.1, -0.05) is 12.1 Å². The predicted octanol–water partition coefficient (Wildman–Crippen LogP) is 2.37. The van der Waals surface area contributed by atoms with Gasteiger partial charge < -0.3 is 25.0 Å². The summed E-state index contributed by atoms with van der Waals surface area (Å²) in [6.45, 7) is -0.236. The van der Waals surface area contributed by atoms with E-state index in [4.69, 9.17) is 9.47 Å². The van der Waals surface area contributed by atoms with Crippen LogP contribution < -0.4 is 10.1 Å². The summed E-state index contributed by atoms with van der Waals surface area (Å²) in [5.41, 5.74) is 2.06. The fourth-order valence-corrected chi connectivity index (χ4v) is 3.77. The maximum atomic E-state index is 10.0. The number of imidazole rings is 1. The molecule has 3 atom stereocenters. The first kappa shape index (κ1) is 18.7. The first-order chi connectivity index (χ1) is 14.7. The van der Waals surface area contributed by atoms with Crippen molar-refractivity contribution in [3.05, 3.63) is 49.1 Å². The summed E-state index contributed by atoms with van der Waals surface area (Å²) in [5.74, 6) is 1.39. The summed E-state index contributed by atoms with van der Waals surface area (Å²) in [6, 6.07) is 11.9. The van der Waals surface area contributed by atoms with Crippen LogP contribution in [-0.4, -0.2) is 55.7 Å². The molecule has 0 saturated carbocycles. The number of nitrogens with one attached hydrogen (secondary N) is 1. The van der Waals surface area contributed by atoms with Crippen LogP contribution in [0, 0.1) is 0 Å². The third-order valence-corrected chi connectivity index (χ3v) is 5.36. The number of benzene rings is 2. The number of hydrogen-bond acceptors (Lipinski definition) is 8. The highest BCUT2D eigenvalue weighted by Crippen LogP contribution is 2.32. The van der Waals surface area contributed by atoms with E-state index in [-0.39, 0.29) is 6.61 Å². The van der Waals surface area contributed by atoms with E-state index in [1.165, 1.54) is 6.33 Å². The van der Waals surface area contributed by atoms with Crippen LogP contribution in [0.1, 0.15) is 12.6 Å². The topological polar surface area (TPSA) is 115 Å². The number of ether oxygens (including phenoxy) is 2. The molecule has 0 bridgehead atoms. The fourth-order valence-electron chi connectivity index (χ4n) is 3.77. The number of aliphatic hydroxyl groups excluding tert-OH is 2. The van der Waals surface area contributed by atoms with Crippen LogP contribution >= 0.6 is 0 Å². The van der Waals surface area contributed by atoms with Crippen LogP contribution in [0.15, 0.2) is 49.1 Å². The van der Waals surface area contributed by atoms with Crippen LogP contribution in [0.3, 0.4) is 0 Å². The lowest BCUT2D eigenvalue weighted by molar-refractivity contribution is -0.0432. The van der Waals surface area contributed by atoms with Crippen LogP contribution in [0.4, 0.5) is 11.5 Å². The Morgan fingerprint density at radius 3 is 2.80 bits per heavy atom. The molecule has 2 aromatic carbocycles. The molecular formula is C21H21N5O4. The van der Waals surface area contributed by atoms with E-state index in [1.807, 2.05) is 36.4 Å². The highest BCUT2D eigenvalue weighted by Gasteiger charge is 2.35. The normalized spacial score (nSPS) is 21.4. The third-order valence-electron chi connectivity index (χ3n) is 5.36. The van der Waals surface area contributed by atoms with Crippen LogP contribution in [-0.2, 0) is 4.74 Å². The molecule has 0 amide bonds. The Labute approximate surface area is 171 Å². The van der Waals surface area contributed by atoms with Crippen molar-refractivity contribution >= 4 is 33.4 Å². The number of rotatable bonds is 5. The number of aliphatic hydroxyl groups is 2. The molecule has 9 nitrogen and oxygen atoms in total. The lowest BCUT2D eigenvalue weighted by Gasteiger charge is -2.13. The Balaban J connectivity index is 1.45. The molecule has 0 radical (unpaired) electrons. The zero-order chi connectivity index (χ0) is 20.7. The van der Waals surface area contributed by atoms with Crippen molar-refractivity contribution in [3.63, 3.8) is 0 Å². The maximum Gasteiger partial charge on any atom is 0.167 e. The molecule has 2 aromatic heterocycles. The highest BCUT2D eigenvalue weighted by atomic mass is 16.5. The number of hydrogen-bond donors (Lipinski definition) is 3. The van der Waals surface area contributed by atoms with E-state index >= 15 is 0 Å². The summed E-state index contributed by atoms with van der Waals surface area (Å²) in [4.78, 5) is 13.1. The largest absolute Gasteiger partial charge is 0.497 e. The monoisotopic (exact) mass is 407 g/mol. The Hall–Kier alpha value is -3.27. The van der Waals surface area contributed by atoms with Gasteiger partial charge in [0.1, 0.15) is 24.4 Å². The number of anilines is 2. The average molecular weight is 407 g/mol. The zero-order valence-electron chi connectivity index (χ0n) is 16.3. The van der Waals surface area contributed by atoms with Gasteiger partial charge in [-0.05, 0) is 35.0 Å². The summed E-state index contributed by atoms with van der Waals surface area (Å²) < 4.78 is 12.8. The molecule has 0 aliphatic carbocycles. The summed E-state index contributed by atoms with van der Waals surface area (Å²) >= 11 is 0. The van der Waals surface area contributed by atoms with E-state index < -0.39 is 18.4 Å². The van der Waals surface area contributed by atoms with Gasteiger partial charge in [0.25, 0.3) is 0 Å². The van der Waals surface area contributed by atoms with E-state index in [0.717, 1.165) is 22.2 Å². The maximum absolute atomic E-state index is 10.0. The molecule has 0 spiro atoms. The molecule has 3 N–H and O–H groups in total. The molecule has 1 fully saturated rings. The lowest BCUT2D eigenvalue weighted by atomic mass is 10.1. The van der Waals surface area contributed by atoms with Crippen molar-refractivity contribution in [1.82, 2.24) is 19.5 Å². The molecule has 9 heteroatoms. The van der Waals surface area contributed by atoms with Gasteiger partial charge in [0.15, 0.2) is 17.0 Å². The van der Waals surface area contributed by atoms with Crippen LogP contribution in [0.2, 0.25) is 0 Å². The Morgan fingerprint density at radius 1 is 1.17 bits per heavy atom. The second-order valence-corrected chi connectivity index (χ2v) is 7.21. The predicted molar refractivity (Wildman–Crippen MR) is 111 cm³/mol. The lowest BCUT2D eigenvalue weighted by Crippen LogP contribution is -2.24. The summed E-state index contributed by atoms with van der Waals surface area (Å²) in [6.07, 6.45) is 1.66. The van der Waals surface area contributed by atoms with Crippen molar-refractivity contribution in [2.75, 3.05) is 19.0 Å². The van der Waals surface area contributed by atoms with Gasteiger partial charge in [-0.25, -0.2) is 15.0 Å². The molecule has 5 rings (SSSR count). The number of methoxy groups -OCH3 is 1. The molecule has 4 aromatic rings. The zero-order valence-corrected chi connectivity index (χ0v) is 16.3. The third kappa shape index (κ3) is 3.22. The Kier molecular flexibility index (Phi) is 4.70. The van der Waals surface area contributed by atoms with Gasteiger partial charge in [0.2, 0.25) is 0 Å². The summed E-state index contributed by atoms with van der Waals surface area (Å²) in [5, 5.41) is 24.8. The second-order valence-electron chi connectivity index (χ2n) is 7.21. The van der Waals surface area contributed by atoms with Crippen LogP contribution in [0.25, 0.3) is 21.9 Å². The molecule has 3 heterocycles. The molecule has 30 heavy (non-hydrogen) atoms. The van der Waals surface area contributed by atoms with Crippen LogP contribution in [0.5, 0.6) is 5.75 Å². The Morgan fingerprint density at radius 2 is 2.00 bits per heavy atom. The van der Waals surface area contributed by atoms with Gasteiger partial charge in [0, 0.05) is 12.1 Å². The standard InChI is InChI=1S/C21H21N5O4/c1-29-15-5-3-12-6-14(4-2-13(12)7-15)25-20-19-21(23-10-22-20)26(11-24-19)18-8-16(28)17(9-27)30-18/h2-7,10-11,16-18,27-28H,8-9H2,1H3,(H,22,23,25)/t16-,17+,18?/m0/s1. The Bertz CT molecular complexity index is 1210. The molecular weight excluding hydrogens is 386 g/mol. The average Bonchev–Trinajstić information content (AvgIpc) is 3.37. The molecule has 154 valence electrons. The molecule has 1 aliphatic rings. The minimum atomic E-state index is -0.729. The first-order valence-electron chi connectivity index (χ1n) is 9.63. The van der Waals surface area contributed by atoms with Gasteiger partial charge >= 0.3 is 0 Å². The molecule has 1 saturated heterocycles.